The van der Waals surface area contributed by atoms with Crippen molar-refractivity contribution < 1.29 is 4.79 Å². The number of nitrogens with zero attached hydrogens (tertiary/aromatic N) is 4. The largest absolute Gasteiger partial charge is 0.309 e. The Morgan fingerprint density at radius 3 is 3.00 bits per heavy atom. The normalized spacial score (nSPS) is 15.2. The van der Waals surface area contributed by atoms with E-state index in [4.69, 9.17) is 0 Å². The van der Waals surface area contributed by atoms with E-state index in [1.807, 2.05) is 10.1 Å². The van der Waals surface area contributed by atoms with Gasteiger partial charge in [-0.1, -0.05) is 12.8 Å². The Hall–Kier alpha value is -2.48. The average Bonchev–Trinajstić information content (AvgIpc) is 3.29. The van der Waals surface area contributed by atoms with Gasteiger partial charge in [0.1, 0.15) is 17.2 Å². The zero-order chi connectivity index (χ0) is 16.5. The molecule has 0 radical (unpaired) electrons. The van der Waals surface area contributed by atoms with Crippen molar-refractivity contribution in [1.29, 1.82) is 0 Å². The molecular weight excluding hydrogens is 326 g/mol. The maximum absolute atomic E-state index is 12.3. The lowest BCUT2D eigenvalue weighted by Crippen LogP contribution is -2.28. The Kier molecular flexibility index (Phi) is 3.89. The second-order valence-electron chi connectivity index (χ2n) is 5.96. The fourth-order valence-corrected chi connectivity index (χ4v) is 3.92. The van der Waals surface area contributed by atoms with Crippen LogP contribution in [0, 0.1) is 0 Å². The summed E-state index contributed by atoms with van der Waals surface area (Å²) in [6.45, 7) is -0.0620. The Bertz CT molecular complexity index is 935. The van der Waals surface area contributed by atoms with Gasteiger partial charge in [-0.15, -0.1) is 11.3 Å². The summed E-state index contributed by atoms with van der Waals surface area (Å²) in [5.41, 5.74) is -0.194. The number of hydrogen-bond donors (Lipinski definition) is 1. The molecule has 7 nitrogen and oxygen atoms in total. The minimum Gasteiger partial charge on any atom is -0.309 e. The van der Waals surface area contributed by atoms with E-state index in [1.165, 1.54) is 35.1 Å². The van der Waals surface area contributed by atoms with Gasteiger partial charge in [0, 0.05) is 6.07 Å². The van der Waals surface area contributed by atoms with Gasteiger partial charge >= 0.3 is 0 Å². The Morgan fingerprint density at radius 2 is 2.17 bits per heavy atom. The number of aromatic nitrogens is 4. The van der Waals surface area contributed by atoms with Gasteiger partial charge in [0.05, 0.1) is 24.0 Å². The summed E-state index contributed by atoms with van der Waals surface area (Å²) in [6, 6.07) is 3.87. The fourth-order valence-electron chi connectivity index (χ4n) is 3.20. The molecule has 0 aromatic carbocycles. The van der Waals surface area contributed by atoms with Crippen LogP contribution in [0.1, 0.15) is 31.7 Å². The molecule has 1 fully saturated rings. The smallest absolute Gasteiger partial charge is 0.262 e. The highest BCUT2D eigenvalue weighted by atomic mass is 32.1. The van der Waals surface area contributed by atoms with Crippen LogP contribution in [-0.4, -0.2) is 25.2 Å². The summed E-state index contributed by atoms with van der Waals surface area (Å²) >= 11 is 1.41. The van der Waals surface area contributed by atoms with Crippen molar-refractivity contribution in [3.05, 3.63) is 40.4 Å². The summed E-state index contributed by atoms with van der Waals surface area (Å²) in [6.07, 6.45) is 7.68. The number of anilines is 1. The van der Waals surface area contributed by atoms with Crippen molar-refractivity contribution in [1.82, 2.24) is 19.3 Å². The lowest BCUT2D eigenvalue weighted by atomic mass is 10.2. The Labute approximate surface area is 141 Å². The first-order valence-corrected chi connectivity index (χ1v) is 8.86. The molecule has 0 atom stereocenters. The summed E-state index contributed by atoms with van der Waals surface area (Å²) in [5, 5.41) is 9.56. The lowest BCUT2D eigenvalue weighted by molar-refractivity contribution is -0.116. The molecule has 0 unspecified atom stereocenters. The highest BCUT2D eigenvalue weighted by Gasteiger charge is 2.20. The van der Waals surface area contributed by atoms with Gasteiger partial charge in [-0.2, -0.15) is 5.10 Å². The standard InChI is InChI=1S/C16H17N5O2S/c22-14(9-20-10-17-15-12(16(20)23)6-8-24-15)19-13-5-7-18-21(13)11-3-1-2-4-11/h5-8,10-11H,1-4,9H2,(H,19,22). The van der Waals surface area contributed by atoms with Crippen LogP contribution >= 0.6 is 11.3 Å². The van der Waals surface area contributed by atoms with Crippen LogP contribution in [0.4, 0.5) is 5.82 Å². The number of hydrogen-bond acceptors (Lipinski definition) is 5. The molecular formula is C16H17N5O2S. The fraction of sp³-hybridized carbons (Fsp3) is 0.375. The van der Waals surface area contributed by atoms with E-state index in [9.17, 15) is 9.59 Å². The maximum Gasteiger partial charge on any atom is 0.262 e. The monoisotopic (exact) mass is 343 g/mol. The predicted molar refractivity (Wildman–Crippen MR) is 92.2 cm³/mol. The molecule has 3 heterocycles. The number of carbonyl (C=O) groups excluding carboxylic acids is 1. The van der Waals surface area contributed by atoms with Gasteiger partial charge in [-0.25, -0.2) is 9.67 Å². The Balaban J connectivity index is 1.51. The first-order valence-electron chi connectivity index (χ1n) is 7.98. The molecule has 4 rings (SSSR count). The topological polar surface area (TPSA) is 81.8 Å². The first-order chi connectivity index (χ1) is 11.7. The van der Waals surface area contributed by atoms with E-state index in [0.717, 1.165) is 12.8 Å². The summed E-state index contributed by atoms with van der Waals surface area (Å²) in [4.78, 5) is 29.6. The molecule has 1 aliphatic carbocycles. The second-order valence-corrected chi connectivity index (χ2v) is 6.86. The second kappa shape index (κ2) is 6.20. The summed E-state index contributed by atoms with van der Waals surface area (Å²) < 4.78 is 3.22. The minimum atomic E-state index is -0.256. The van der Waals surface area contributed by atoms with E-state index in [0.29, 0.717) is 22.1 Å². The molecule has 1 aliphatic rings. The van der Waals surface area contributed by atoms with E-state index < -0.39 is 0 Å². The van der Waals surface area contributed by atoms with Crippen molar-refractivity contribution in [3.63, 3.8) is 0 Å². The molecule has 0 bridgehead atoms. The zero-order valence-corrected chi connectivity index (χ0v) is 13.8. The van der Waals surface area contributed by atoms with E-state index in [-0.39, 0.29) is 18.0 Å². The molecule has 3 aromatic heterocycles. The highest BCUT2D eigenvalue weighted by molar-refractivity contribution is 7.16. The van der Waals surface area contributed by atoms with Gasteiger partial charge in [-0.05, 0) is 24.3 Å². The van der Waals surface area contributed by atoms with Crippen molar-refractivity contribution in [2.75, 3.05) is 5.32 Å². The lowest BCUT2D eigenvalue weighted by Gasteiger charge is -2.14. The van der Waals surface area contributed by atoms with Crippen LogP contribution in [0.5, 0.6) is 0 Å². The molecule has 1 amide bonds. The molecule has 3 aromatic rings. The molecule has 24 heavy (non-hydrogen) atoms. The third-order valence-corrected chi connectivity index (χ3v) is 5.19. The van der Waals surface area contributed by atoms with Crippen LogP contribution in [0.2, 0.25) is 0 Å². The molecule has 0 spiro atoms. The van der Waals surface area contributed by atoms with Crippen LogP contribution in [0.25, 0.3) is 10.2 Å². The Morgan fingerprint density at radius 1 is 1.33 bits per heavy atom. The molecule has 0 saturated heterocycles. The third-order valence-electron chi connectivity index (χ3n) is 4.37. The number of carbonyl (C=O) groups is 1. The van der Waals surface area contributed by atoms with E-state index >= 15 is 0 Å². The first kappa shape index (κ1) is 15.1. The third kappa shape index (κ3) is 2.73. The van der Waals surface area contributed by atoms with Crippen molar-refractivity contribution in [3.8, 4) is 0 Å². The number of amides is 1. The average molecular weight is 343 g/mol. The van der Waals surface area contributed by atoms with Crippen molar-refractivity contribution in [2.24, 2.45) is 0 Å². The SMILES string of the molecule is O=C(Cn1cnc2sccc2c1=O)Nc1ccnn1C1CCCC1. The van der Waals surface area contributed by atoms with Gasteiger partial charge in [0.25, 0.3) is 5.56 Å². The van der Waals surface area contributed by atoms with Gasteiger partial charge < -0.3 is 5.32 Å². The number of rotatable bonds is 4. The van der Waals surface area contributed by atoms with Crippen molar-refractivity contribution in [2.45, 2.75) is 38.3 Å². The van der Waals surface area contributed by atoms with E-state index in [1.54, 1.807) is 18.3 Å². The summed E-state index contributed by atoms with van der Waals surface area (Å²) in [5.74, 6) is 0.428. The number of fused-ring (bicyclic) bond motifs is 1. The minimum absolute atomic E-state index is 0.0620. The maximum atomic E-state index is 12.3. The van der Waals surface area contributed by atoms with Crippen molar-refractivity contribution >= 4 is 33.3 Å². The van der Waals surface area contributed by atoms with Gasteiger partial charge in [0.2, 0.25) is 5.91 Å². The predicted octanol–water partition coefficient (Wildman–Crippen LogP) is 2.41. The van der Waals surface area contributed by atoms with E-state index in [2.05, 4.69) is 15.4 Å². The van der Waals surface area contributed by atoms with Gasteiger partial charge in [0.15, 0.2) is 0 Å². The van der Waals surface area contributed by atoms with Crippen LogP contribution in [0.3, 0.4) is 0 Å². The van der Waals surface area contributed by atoms with Crippen LogP contribution < -0.4 is 10.9 Å². The molecule has 0 aliphatic heterocycles. The molecule has 1 saturated carbocycles. The molecule has 8 heteroatoms. The quantitative estimate of drug-likeness (QED) is 0.789. The van der Waals surface area contributed by atoms with Crippen LogP contribution in [0.15, 0.2) is 34.8 Å². The number of nitrogens with one attached hydrogen (secondary N) is 1. The molecule has 124 valence electrons. The van der Waals surface area contributed by atoms with Gasteiger partial charge in [-0.3, -0.25) is 14.2 Å². The van der Waals surface area contributed by atoms with Crippen LogP contribution in [-0.2, 0) is 11.3 Å². The molecule has 1 N–H and O–H groups in total. The summed E-state index contributed by atoms with van der Waals surface area (Å²) in [7, 11) is 0. The highest BCUT2D eigenvalue weighted by Crippen LogP contribution is 2.31. The zero-order valence-electron chi connectivity index (χ0n) is 13.0. The number of thiophene rings is 1.